The maximum Gasteiger partial charge on any atom is 0.101 e. The molecule has 0 saturated heterocycles. The second kappa shape index (κ2) is 5.77. The maximum atomic E-state index is 9.00. The monoisotopic (exact) mass is 236 g/mol. The highest BCUT2D eigenvalue weighted by Crippen LogP contribution is 2.22. The molecule has 86 valence electrons. The molecule has 2 nitrogen and oxygen atoms in total. The minimum Gasteiger partial charge on any atom is -0.381 e. The van der Waals surface area contributed by atoms with Crippen LogP contribution in [0.4, 0.5) is 5.69 Å². The first-order valence-electron chi connectivity index (χ1n) is 5.54. The van der Waals surface area contributed by atoms with E-state index in [0.717, 1.165) is 12.1 Å². The van der Waals surface area contributed by atoms with E-state index in [4.69, 9.17) is 16.9 Å². The van der Waals surface area contributed by atoms with E-state index in [1.807, 2.05) is 6.07 Å². The van der Waals surface area contributed by atoms with Crippen LogP contribution >= 0.6 is 11.6 Å². The topological polar surface area (TPSA) is 35.8 Å². The number of nitriles is 1. The maximum absolute atomic E-state index is 9.00. The Kier molecular flexibility index (Phi) is 4.64. The molecule has 2 atom stereocenters. The lowest BCUT2D eigenvalue weighted by molar-refractivity contribution is 0.494. The summed E-state index contributed by atoms with van der Waals surface area (Å²) in [6.07, 6.45) is 1.11. The van der Waals surface area contributed by atoms with Gasteiger partial charge in [-0.05, 0) is 31.0 Å². The van der Waals surface area contributed by atoms with Crippen LogP contribution in [0.15, 0.2) is 18.2 Å². The average Bonchev–Trinajstić information content (AvgIpc) is 2.30. The molecule has 0 aromatic heterocycles. The molecule has 0 aliphatic heterocycles. The highest BCUT2D eigenvalue weighted by molar-refractivity contribution is 6.30. The summed E-state index contributed by atoms with van der Waals surface area (Å²) in [6.45, 7) is 6.49. The van der Waals surface area contributed by atoms with Crippen molar-refractivity contribution >= 4 is 17.3 Å². The minimum atomic E-state index is 0.346. The van der Waals surface area contributed by atoms with Crippen LogP contribution < -0.4 is 5.32 Å². The summed E-state index contributed by atoms with van der Waals surface area (Å²) >= 11 is 5.84. The largest absolute Gasteiger partial charge is 0.381 e. The van der Waals surface area contributed by atoms with Gasteiger partial charge in [0.2, 0.25) is 0 Å². The highest BCUT2D eigenvalue weighted by Gasteiger charge is 2.11. The molecule has 1 aromatic rings. The van der Waals surface area contributed by atoms with Gasteiger partial charge in [0.05, 0.1) is 11.3 Å². The first-order chi connectivity index (χ1) is 7.58. The second-order valence-corrected chi connectivity index (χ2v) is 4.56. The van der Waals surface area contributed by atoms with Gasteiger partial charge in [0.25, 0.3) is 0 Å². The van der Waals surface area contributed by atoms with Gasteiger partial charge in [0, 0.05) is 11.1 Å². The van der Waals surface area contributed by atoms with Crippen molar-refractivity contribution in [1.82, 2.24) is 0 Å². The first-order valence-corrected chi connectivity index (χ1v) is 5.92. The third kappa shape index (κ3) is 3.15. The van der Waals surface area contributed by atoms with Gasteiger partial charge in [0.1, 0.15) is 6.07 Å². The van der Waals surface area contributed by atoms with E-state index in [1.54, 1.807) is 12.1 Å². The van der Waals surface area contributed by atoms with Crippen molar-refractivity contribution in [3.05, 3.63) is 28.8 Å². The van der Waals surface area contributed by atoms with Crippen molar-refractivity contribution < 1.29 is 0 Å². The lowest BCUT2D eigenvalue weighted by Crippen LogP contribution is -2.23. The normalized spacial score (nSPS) is 13.9. The molecule has 0 fully saturated rings. The van der Waals surface area contributed by atoms with E-state index in [2.05, 4.69) is 32.2 Å². The fourth-order valence-corrected chi connectivity index (χ4v) is 1.65. The Bertz CT molecular complexity index is 395. The Morgan fingerprint density at radius 3 is 2.69 bits per heavy atom. The van der Waals surface area contributed by atoms with Crippen molar-refractivity contribution in [3.8, 4) is 6.07 Å². The van der Waals surface area contributed by atoms with Crippen molar-refractivity contribution in [2.24, 2.45) is 5.92 Å². The van der Waals surface area contributed by atoms with Crippen molar-refractivity contribution in [2.75, 3.05) is 5.32 Å². The third-order valence-corrected chi connectivity index (χ3v) is 3.22. The van der Waals surface area contributed by atoms with Crippen LogP contribution in [0.2, 0.25) is 5.02 Å². The summed E-state index contributed by atoms with van der Waals surface area (Å²) in [5, 5.41) is 13.0. The molecule has 16 heavy (non-hydrogen) atoms. The van der Waals surface area contributed by atoms with Crippen molar-refractivity contribution in [2.45, 2.75) is 33.2 Å². The van der Waals surface area contributed by atoms with E-state index in [-0.39, 0.29) is 0 Å². The van der Waals surface area contributed by atoms with Gasteiger partial charge >= 0.3 is 0 Å². The predicted octanol–water partition coefficient (Wildman–Crippen LogP) is 4.06. The Morgan fingerprint density at radius 2 is 2.12 bits per heavy atom. The Labute approximate surface area is 102 Å². The zero-order valence-corrected chi connectivity index (χ0v) is 10.7. The van der Waals surface area contributed by atoms with Gasteiger partial charge in [-0.1, -0.05) is 31.9 Å². The zero-order valence-electron chi connectivity index (χ0n) is 9.92. The van der Waals surface area contributed by atoms with Crippen molar-refractivity contribution in [1.29, 1.82) is 5.26 Å². The van der Waals surface area contributed by atoms with E-state index < -0.39 is 0 Å². The summed E-state index contributed by atoms with van der Waals surface area (Å²) in [5.74, 6) is 0.572. The summed E-state index contributed by atoms with van der Waals surface area (Å²) in [7, 11) is 0. The average molecular weight is 237 g/mol. The van der Waals surface area contributed by atoms with Gasteiger partial charge in [0.15, 0.2) is 0 Å². The lowest BCUT2D eigenvalue weighted by atomic mass is 10.0. The van der Waals surface area contributed by atoms with Gasteiger partial charge in [-0.25, -0.2) is 0 Å². The number of anilines is 1. The van der Waals surface area contributed by atoms with E-state index in [1.165, 1.54) is 0 Å². The smallest absolute Gasteiger partial charge is 0.101 e. The molecule has 1 aromatic carbocycles. The van der Waals surface area contributed by atoms with Crippen LogP contribution in [0, 0.1) is 17.2 Å². The Hall–Kier alpha value is -1.20. The molecule has 0 radical (unpaired) electrons. The summed E-state index contributed by atoms with van der Waals surface area (Å²) in [5.41, 5.74) is 1.46. The van der Waals surface area contributed by atoms with Gasteiger partial charge in [-0.2, -0.15) is 5.26 Å². The SMILES string of the molecule is CCC(C)C(C)Nc1ccc(Cl)cc1C#N. The predicted molar refractivity (Wildman–Crippen MR) is 68.7 cm³/mol. The van der Waals surface area contributed by atoms with E-state index >= 15 is 0 Å². The van der Waals surface area contributed by atoms with Crippen molar-refractivity contribution in [3.63, 3.8) is 0 Å². The number of nitrogens with one attached hydrogen (secondary N) is 1. The number of hydrogen-bond acceptors (Lipinski definition) is 2. The molecule has 0 bridgehead atoms. The number of rotatable bonds is 4. The van der Waals surface area contributed by atoms with Crippen LogP contribution in [0.3, 0.4) is 0 Å². The molecular formula is C13H17ClN2. The number of hydrogen-bond donors (Lipinski definition) is 1. The van der Waals surface area contributed by atoms with E-state index in [0.29, 0.717) is 22.5 Å². The summed E-state index contributed by atoms with van der Waals surface area (Å²) in [6, 6.07) is 7.85. The Balaban J connectivity index is 2.85. The lowest BCUT2D eigenvalue weighted by Gasteiger charge is -2.21. The Morgan fingerprint density at radius 1 is 1.44 bits per heavy atom. The molecule has 3 heteroatoms. The molecule has 1 N–H and O–H groups in total. The standard InChI is InChI=1S/C13H17ClN2/c1-4-9(2)10(3)16-13-6-5-12(14)7-11(13)8-15/h5-7,9-10,16H,4H2,1-3H3. The van der Waals surface area contributed by atoms with Gasteiger partial charge < -0.3 is 5.32 Å². The van der Waals surface area contributed by atoms with Crippen LogP contribution in [0.25, 0.3) is 0 Å². The highest BCUT2D eigenvalue weighted by atomic mass is 35.5. The molecule has 0 heterocycles. The van der Waals surface area contributed by atoms with E-state index in [9.17, 15) is 0 Å². The van der Waals surface area contributed by atoms with Crippen LogP contribution in [-0.2, 0) is 0 Å². The number of nitrogens with zero attached hydrogens (tertiary/aromatic N) is 1. The fourth-order valence-electron chi connectivity index (χ4n) is 1.48. The molecule has 2 unspecified atom stereocenters. The van der Waals surface area contributed by atoms with Gasteiger partial charge in [-0.3, -0.25) is 0 Å². The molecule has 0 aliphatic carbocycles. The van der Waals surface area contributed by atoms with Crippen LogP contribution in [-0.4, -0.2) is 6.04 Å². The molecule has 0 aliphatic rings. The van der Waals surface area contributed by atoms with Gasteiger partial charge in [-0.15, -0.1) is 0 Å². The first kappa shape index (κ1) is 12.9. The summed E-state index contributed by atoms with van der Waals surface area (Å²) < 4.78 is 0. The molecule has 1 rings (SSSR count). The summed E-state index contributed by atoms with van der Waals surface area (Å²) in [4.78, 5) is 0. The van der Waals surface area contributed by atoms with Crippen LogP contribution in [0.1, 0.15) is 32.8 Å². The minimum absolute atomic E-state index is 0.346. The molecule has 0 saturated carbocycles. The fraction of sp³-hybridized carbons (Fsp3) is 0.462. The number of halogens is 1. The van der Waals surface area contributed by atoms with Crippen LogP contribution in [0.5, 0.6) is 0 Å². The molecular weight excluding hydrogens is 220 g/mol. The zero-order chi connectivity index (χ0) is 12.1. The third-order valence-electron chi connectivity index (χ3n) is 2.98. The molecule has 0 spiro atoms. The molecule has 0 amide bonds. The second-order valence-electron chi connectivity index (χ2n) is 4.12. The quantitative estimate of drug-likeness (QED) is 0.856. The number of benzene rings is 1.